The lowest BCUT2D eigenvalue weighted by molar-refractivity contribution is -0.126. The highest BCUT2D eigenvalue weighted by molar-refractivity contribution is 5.94. The lowest BCUT2D eigenvalue weighted by Gasteiger charge is -2.12. The molecule has 1 aromatic rings. The quantitative estimate of drug-likeness (QED) is 0.807. The number of nitrogens with one attached hydrogen (secondary N) is 1. The van der Waals surface area contributed by atoms with Gasteiger partial charge in [0.1, 0.15) is 6.10 Å². The van der Waals surface area contributed by atoms with Gasteiger partial charge in [0, 0.05) is 11.3 Å². The van der Waals surface area contributed by atoms with E-state index in [0.717, 1.165) is 29.7 Å². The zero-order valence-electron chi connectivity index (χ0n) is 11.9. The minimum atomic E-state index is -0.331. The molecular formula is C16H20N2O2. The molecule has 3 N–H and O–H groups in total. The molecule has 1 aliphatic rings. The second-order valence-corrected chi connectivity index (χ2v) is 5.04. The fourth-order valence-corrected chi connectivity index (χ4v) is 2.25. The number of amides is 1. The van der Waals surface area contributed by atoms with Crippen LogP contribution >= 0.6 is 0 Å². The minimum absolute atomic E-state index is 0.0745. The number of anilines is 1. The van der Waals surface area contributed by atoms with Crippen LogP contribution in [0.1, 0.15) is 30.9 Å². The first kappa shape index (κ1) is 14.6. The Morgan fingerprint density at radius 2 is 2.30 bits per heavy atom. The number of benzene rings is 1. The van der Waals surface area contributed by atoms with Gasteiger partial charge in [-0.2, -0.15) is 0 Å². The van der Waals surface area contributed by atoms with Gasteiger partial charge in [-0.25, -0.2) is 0 Å². The Morgan fingerprint density at radius 3 is 2.90 bits per heavy atom. The monoisotopic (exact) mass is 272 g/mol. The zero-order chi connectivity index (χ0) is 14.5. The summed E-state index contributed by atoms with van der Waals surface area (Å²) in [6.07, 6.45) is 1.56. The molecule has 1 saturated heterocycles. The average molecular weight is 272 g/mol. The molecule has 4 nitrogen and oxygen atoms in total. The van der Waals surface area contributed by atoms with Gasteiger partial charge >= 0.3 is 0 Å². The normalized spacial score (nSPS) is 21.1. The first-order valence-electron chi connectivity index (χ1n) is 6.86. The highest BCUT2D eigenvalue weighted by atomic mass is 16.5. The van der Waals surface area contributed by atoms with Crippen LogP contribution in [0.15, 0.2) is 18.2 Å². The lowest BCUT2D eigenvalue weighted by atomic mass is 10.1. The summed E-state index contributed by atoms with van der Waals surface area (Å²) in [5.41, 5.74) is 8.08. The van der Waals surface area contributed by atoms with E-state index in [4.69, 9.17) is 10.5 Å². The van der Waals surface area contributed by atoms with Crippen LogP contribution < -0.4 is 11.1 Å². The molecule has 1 fully saturated rings. The smallest absolute Gasteiger partial charge is 0.253 e. The third kappa shape index (κ3) is 3.60. The molecule has 20 heavy (non-hydrogen) atoms. The number of nitrogens with two attached hydrogens (primary N) is 1. The topological polar surface area (TPSA) is 64.3 Å². The molecule has 0 aliphatic carbocycles. The van der Waals surface area contributed by atoms with E-state index in [1.165, 1.54) is 0 Å². The number of hydrogen-bond acceptors (Lipinski definition) is 3. The molecule has 1 aliphatic heterocycles. The maximum Gasteiger partial charge on any atom is 0.253 e. The van der Waals surface area contributed by atoms with Gasteiger partial charge in [-0.1, -0.05) is 11.8 Å². The summed E-state index contributed by atoms with van der Waals surface area (Å²) in [6, 6.07) is 5.66. The molecule has 0 aromatic heterocycles. The van der Waals surface area contributed by atoms with Crippen LogP contribution in [0, 0.1) is 18.8 Å². The largest absolute Gasteiger partial charge is 0.365 e. The third-order valence-electron chi connectivity index (χ3n) is 3.34. The predicted molar refractivity (Wildman–Crippen MR) is 79.3 cm³/mol. The summed E-state index contributed by atoms with van der Waals surface area (Å²) in [5, 5.41) is 2.89. The van der Waals surface area contributed by atoms with Crippen LogP contribution in [-0.2, 0) is 9.53 Å². The summed E-state index contributed by atoms with van der Waals surface area (Å²) < 4.78 is 5.55. The van der Waals surface area contributed by atoms with Crippen molar-refractivity contribution in [2.45, 2.75) is 38.9 Å². The van der Waals surface area contributed by atoms with Gasteiger partial charge in [0.25, 0.3) is 5.91 Å². The SMILES string of the molecule is Cc1cc(NC(=O)C2CCC(C)O2)ccc1C#CCN. The van der Waals surface area contributed by atoms with Crippen LogP contribution in [0.25, 0.3) is 0 Å². The van der Waals surface area contributed by atoms with Gasteiger partial charge < -0.3 is 15.8 Å². The summed E-state index contributed by atoms with van der Waals surface area (Å²) >= 11 is 0. The predicted octanol–water partition coefficient (Wildman–Crippen LogP) is 1.81. The average Bonchev–Trinajstić information content (AvgIpc) is 2.85. The van der Waals surface area contributed by atoms with Crippen molar-refractivity contribution in [1.29, 1.82) is 0 Å². The number of carbonyl (C=O) groups excluding carboxylic acids is 1. The Labute approximate surface area is 119 Å². The zero-order valence-corrected chi connectivity index (χ0v) is 11.9. The molecule has 1 amide bonds. The number of carbonyl (C=O) groups is 1. The van der Waals surface area contributed by atoms with E-state index < -0.39 is 0 Å². The fourth-order valence-electron chi connectivity index (χ4n) is 2.25. The molecular weight excluding hydrogens is 252 g/mol. The molecule has 0 radical (unpaired) electrons. The van der Waals surface area contributed by atoms with Crippen molar-refractivity contribution in [3.8, 4) is 11.8 Å². The van der Waals surface area contributed by atoms with E-state index in [2.05, 4.69) is 17.2 Å². The molecule has 4 heteroatoms. The third-order valence-corrected chi connectivity index (χ3v) is 3.34. The van der Waals surface area contributed by atoms with Gasteiger partial charge in [-0.3, -0.25) is 4.79 Å². The second-order valence-electron chi connectivity index (χ2n) is 5.04. The Bertz CT molecular complexity index is 557. The van der Waals surface area contributed by atoms with Gasteiger partial charge in [0.15, 0.2) is 0 Å². The number of aryl methyl sites for hydroxylation is 1. The van der Waals surface area contributed by atoms with Crippen LogP contribution in [0.4, 0.5) is 5.69 Å². The van der Waals surface area contributed by atoms with E-state index in [1.807, 2.05) is 32.0 Å². The van der Waals surface area contributed by atoms with Crippen molar-refractivity contribution in [3.05, 3.63) is 29.3 Å². The van der Waals surface area contributed by atoms with Gasteiger partial charge in [-0.15, -0.1) is 0 Å². The van der Waals surface area contributed by atoms with Gasteiger partial charge in [0.2, 0.25) is 0 Å². The van der Waals surface area contributed by atoms with E-state index in [-0.39, 0.29) is 18.1 Å². The first-order valence-corrected chi connectivity index (χ1v) is 6.86. The lowest BCUT2D eigenvalue weighted by Crippen LogP contribution is -2.27. The molecule has 0 saturated carbocycles. The molecule has 1 aromatic carbocycles. The molecule has 0 spiro atoms. The molecule has 2 atom stereocenters. The number of hydrogen-bond donors (Lipinski definition) is 2. The van der Waals surface area contributed by atoms with Crippen LogP contribution in [0.5, 0.6) is 0 Å². The van der Waals surface area contributed by atoms with E-state index in [9.17, 15) is 4.79 Å². The highest BCUT2D eigenvalue weighted by Gasteiger charge is 2.28. The number of rotatable bonds is 2. The van der Waals surface area contributed by atoms with Crippen molar-refractivity contribution in [3.63, 3.8) is 0 Å². The van der Waals surface area contributed by atoms with Crippen molar-refractivity contribution in [2.24, 2.45) is 5.73 Å². The van der Waals surface area contributed by atoms with Crippen LogP contribution in [0.3, 0.4) is 0 Å². The van der Waals surface area contributed by atoms with E-state index in [1.54, 1.807) is 0 Å². The second kappa shape index (κ2) is 6.56. The van der Waals surface area contributed by atoms with Gasteiger partial charge in [-0.05, 0) is 50.5 Å². The standard InChI is InChI=1S/C16H20N2O2/c1-11-10-14(7-6-13(11)4-3-9-17)18-16(19)15-8-5-12(2)20-15/h6-7,10,12,15H,5,8-9,17H2,1-2H3,(H,18,19). The van der Waals surface area contributed by atoms with Crippen molar-refractivity contribution >= 4 is 11.6 Å². The van der Waals surface area contributed by atoms with E-state index in [0.29, 0.717) is 6.54 Å². The number of ether oxygens (including phenoxy) is 1. The first-order chi connectivity index (χ1) is 9.60. The Kier molecular flexibility index (Phi) is 4.78. The molecule has 0 bridgehead atoms. The van der Waals surface area contributed by atoms with Crippen molar-refractivity contribution < 1.29 is 9.53 Å². The highest BCUT2D eigenvalue weighted by Crippen LogP contribution is 2.21. The Hall–Kier alpha value is -1.83. The van der Waals surface area contributed by atoms with Crippen LogP contribution in [-0.4, -0.2) is 24.7 Å². The molecule has 2 unspecified atom stereocenters. The van der Waals surface area contributed by atoms with Crippen LogP contribution in [0.2, 0.25) is 0 Å². The van der Waals surface area contributed by atoms with Crippen molar-refractivity contribution in [2.75, 3.05) is 11.9 Å². The molecule has 2 rings (SSSR count). The maximum atomic E-state index is 12.0. The van der Waals surface area contributed by atoms with Gasteiger partial charge in [0.05, 0.1) is 12.6 Å². The fraction of sp³-hybridized carbons (Fsp3) is 0.438. The Morgan fingerprint density at radius 1 is 1.50 bits per heavy atom. The summed E-state index contributed by atoms with van der Waals surface area (Å²) in [7, 11) is 0. The van der Waals surface area contributed by atoms with E-state index >= 15 is 0 Å². The minimum Gasteiger partial charge on any atom is -0.365 e. The van der Waals surface area contributed by atoms with Crippen molar-refractivity contribution in [1.82, 2.24) is 0 Å². The summed E-state index contributed by atoms with van der Waals surface area (Å²) in [4.78, 5) is 12.0. The molecule has 1 heterocycles. The molecule has 106 valence electrons. The Balaban J connectivity index is 2.03. The summed E-state index contributed by atoms with van der Waals surface area (Å²) in [5.74, 6) is 5.75. The summed E-state index contributed by atoms with van der Waals surface area (Å²) in [6.45, 7) is 4.29. The maximum absolute atomic E-state index is 12.0.